The van der Waals surface area contributed by atoms with Crippen molar-refractivity contribution >= 4 is 34.2 Å². The summed E-state index contributed by atoms with van der Waals surface area (Å²) in [7, 11) is -1.48. The quantitative estimate of drug-likeness (QED) is 0.542. The van der Waals surface area contributed by atoms with Gasteiger partial charge in [-0.05, 0) is 29.8 Å². The molecule has 0 bridgehead atoms. The summed E-state index contributed by atoms with van der Waals surface area (Å²) in [4.78, 5) is 25.9. The topological polar surface area (TPSA) is 124 Å². The van der Waals surface area contributed by atoms with Crippen molar-refractivity contribution in [2.24, 2.45) is 5.18 Å². The van der Waals surface area contributed by atoms with E-state index in [1.54, 1.807) is 0 Å². The van der Waals surface area contributed by atoms with Crippen LogP contribution < -0.4 is 14.2 Å². The number of carbonyl (C=O) groups excluding carboxylic acids is 1. The number of carbonyl (C=O) groups is 1. The number of sulfonamides is 1. The average molecular weight is 397 g/mol. The lowest BCUT2D eigenvalue weighted by Gasteiger charge is -2.13. The molecule has 1 aromatic carbocycles. The van der Waals surface area contributed by atoms with Gasteiger partial charge >= 0.3 is 5.91 Å². The Morgan fingerprint density at radius 2 is 2.00 bits per heavy atom. The minimum absolute atomic E-state index is 0.0323. The van der Waals surface area contributed by atoms with Crippen LogP contribution in [0.25, 0.3) is 0 Å². The lowest BCUT2D eigenvalue weighted by molar-refractivity contribution is 0.0997. The SMILES string of the molecule is COc1ccc(S(=O)(=O)Nc2cc(CS)cnc2OC)cc1C(=O)N=O. The minimum Gasteiger partial charge on any atom is -0.496 e. The highest BCUT2D eigenvalue weighted by atomic mass is 32.2. The molecule has 2 aromatic rings. The van der Waals surface area contributed by atoms with Crippen LogP contribution in [0.1, 0.15) is 15.9 Å². The van der Waals surface area contributed by atoms with Gasteiger partial charge in [0.2, 0.25) is 5.88 Å². The number of amides is 1. The lowest BCUT2D eigenvalue weighted by atomic mass is 10.2. The maximum Gasteiger partial charge on any atom is 0.320 e. The number of nitrogens with zero attached hydrogens (tertiary/aromatic N) is 2. The van der Waals surface area contributed by atoms with Crippen molar-refractivity contribution < 1.29 is 22.7 Å². The summed E-state index contributed by atoms with van der Waals surface area (Å²) < 4.78 is 37.7. The molecule has 0 radical (unpaired) electrons. The van der Waals surface area contributed by atoms with Crippen LogP contribution in [0, 0.1) is 4.91 Å². The molecule has 0 fully saturated rings. The first kappa shape index (κ1) is 19.7. The second kappa shape index (κ2) is 8.15. The average Bonchev–Trinajstić information content (AvgIpc) is 2.66. The number of pyridine rings is 1. The van der Waals surface area contributed by atoms with Crippen LogP contribution in [-0.4, -0.2) is 33.5 Å². The molecule has 0 aliphatic rings. The Morgan fingerprint density at radius 1 is 1.27 bits per heavy atom. The first-order valence-electron chi connectivity index (χ1n) is 7.08. The number of benzene rings is 1. The van der Waals surface area contributed by atoms with Gasteiger partial charge in [-0.25, -0.2) is 13.4 Å². The molecular formula is C15H15N3O6S2. The van der Waals surface area contributed by atoms with E-state index in [0.29, 0.717) is 11.3 Å². The van der Waals surface area contributed by atoms with E-state index in [1.807, 2.05) is 0 Å². The summed E-state index contributed by atoms with van der Waals surface area (Å²) in [5, 5.41) is 2.30. The molecule has 0 spiro atoms. The van der Waals surface area contributed by atoms with E-state index in [2.05, 4.69) is 27.5 Å². The molecule has 138 valence electrons. The number of nitroso groups, excluding NO2 is 1. The zero-order valence-corrected chi connectivity index (χ0v) is 15.5. The first-order chi connectivity index (χ1) is 12.4. The van der Waals surface area contributed by atoms with Crippen LogP contribution >= 0.6 is 12.6 Å². The molecule has 0 saturated heterocycles. The number of ether oxygens (including phenoxy) is 2. The van der Waals surface area contributed by atoms with Crippen LogP contribution in [-0.2, 0) is 15.8 Å². The fraction of sp³-hybridized carbons (Fsp3) is 0.200. The number of nitrogens with one attached hydrogen (secondary N) is 1. The van der Waals surface area contributed by atoms with Crippen molar-refractivity contribution in [2.75, 3.05) is 18.9 Å². The van der Waals surface area contributed by atoms with Crippen molar-refractivity contribution in [2.45, 2.75) is 10.6 Å². The third-order valence-corrected chi connectivity index (χ3v) is 5.05. The standard InChI is InChI=1S/C15H15N3O6S2/c1-23-13-4-3-10(6-11(13)14(19)17-20)26(21,22)18-12-5-9(8-25)7-16-15(12)24-2/h3-7,18,25H,8H2,1-2H3. The minimum atomic E-state index is -4.11. The van der Waals surface area contributed by atoms with Gasteiger partial charge in [0, 0.05) is 17.1 Å². The van der Waals surface area contributed by atoms with Crippen molar-refractivity contribution in [1.82, 2.24) is 4.98 Å². The van der Waals surface area contributed by atoms with Gasteiger partial charge < -0.3 is 9.47 Å². The van der Waals surface area contributed by atoms with E-state index in [1.165, 1.54) is 38.6 Å². The van der Waals surface area contributed by atoms with Crippen LogP contribution in [0.15, 0.2) is 40.5 Å². The van der Waals surface area contributed by atoms with Gasteiger partial charge in [0.1, 0.15) is 11.4 Å². The monoisotopic (exact) mass is 397 g/mol. The number of aromatic nitrogens is 1. The van der Waals surface area contributed by atoms with E-state index < -0.39 is 15.9 Å². The number of hydrogen-bond donors (Lipinski definition) is 2. The molecule has 11 heteroatoms. The zero-order chi connectivity index (χ0) is 19.3. The third-order valence-electron chi connectivity index (χ3n) is 3.32. The Morgan fingerprint density at radius 3 is 2.58 bits per heavy atom. The molecule has 2 rings (SSSR count). The van der Waals surface area contributed by atoms with Crippen molar-refractivity contribution in [1.29, 1.82) is 0 Å². The highest BCUT2D eigenvalue weighted by Crippen LogP contribution is 2.28. The van der Waals surface area contributed by atoms with Gasteiger partial charge in [-0.15, -0.1) is 4.91 Å². The second-order valence-electron chi connectivity index (χ2n) is 4.92. The molecule has 0 aliphatic carbocycles. The zero-order valence-electron chi connectivity index (χ0n) is 13.8. The summed E-state index contributed by atoms with van der Waals surface area (Å²) in [6.07, 6.45) is 1.50. The third kappa shape index (κ3) is 4.11. The Kier molecular flexibility index (Phi) is 6.16. The number of anilines is 1. The number of methoxy groups -OCH3 is 2. The highest BCUT2D eigenvalue weighted by molar-refractivity contribution is 7.92. The van der Waals surface area contributed by atoms with E-state index in [-0.39, 0.29) is 27.8 Å². The van der Waals surface area contributed by atoms with Crippen LogP contribution in [0.5, 0.6) is 11.6 Å². The summed E-state index contributed by atoms with van der Waals surface area (Å²) in [6.45, 7) is 0. The Labute approximate surface area is 155 Å². The van der Waals surface area contributed by atoms with Gasteiger partial charge in [-0.3, -0.25) is 9.52 Å². The Bertz CT molecular complexity index is 946. The fourth-order valence-corrected chi connectivity index (χ4v) is 3.34. The number of rotatable bonds is 7. The second-order valence-corrected chi connectivity index (χ2v) is 6.92. The summed E-state index contributed by atoms with van der Waals surface area (Å²) in [6, 6.07) is 5.02. The molecular weight excluding hydrogens is 382 g/mol. The van der Waals surface area contributed by atoms with Crippen LogP contribution in [0.3, 0.4) is 0 Å². The maximum absolute atomic E-state index is 12.7. The molecule has 1 heterocycles. The molecule has 1 amide bonds. The van der Waals surface area contributed by atoms with Gasteiger partial charge in [-0.1, -0.05) is 0 Å². The molecule has 0 atom stereocenters. The van der Waals surface area contributed by atoms with Crippen molar-refractivity contribution in [3.63, 3.8) is 0 Å². The maximum atomic E-state index is 12.7. The molecule has 1 N–H and O–H groups in total. The van der Waals surface area contributed by atoms with Gasteiger partial charge in [0.05, 0.1) is 24.7 Å². The van der Waals surface area contributed by atoms with Crippen LogP contribution in [0.2, 0.25) is 0 Å². The molecule has 1 aromatic heterocycles. The van der Waals surface area contributed by atoms with Crippen molar-refractivity contribution in [3.8, 4) is 11.6 Å². The first-order valence-corrected chi connectivity index (χ1v) is 9.20. The van der Waals surface area contributed by atoms with E-state index >= 15 is 0 Å². The number of hydrogen-bond acceptors (Lipinski definition) is 8. The van der Waals surface area contributed by atoms with E-state index in [4.69, 9.17) is 9.47 Å². The smallest absolute Gasteiger partial charge is 0.320 e. The van der Waals surface area contributed by atoms with Crippen molar-refractivity contribution in [3.05, 3.63) is 46.5 Å². The van der Waals surface area contributed by atoms with E-state index in [9.17, 15) is 18.1 Å². The lowest BCUT2D eigenvalue weighted by Crippen LogP contribution is -2.15. The molecule has 0 aliphatic heterocycles. The van der Waals surface area contributed by atoms with Crippen LogP contribution in [0.4, 0.5) is 5.69 Å². The summed E-state index contributed by atoms with van der Waals surface area (Å²) >= 11 is 4.12. The molecule has 0 saturated carbocycles. The van der Waals surface area contributed by atoms with Gasteiger partial charge in [0.15, 0.2) is 0 Å². The molecule has 0 unspecified atom stereocenters. The predicted molar refractivity (Wildman–Crippen MR) is 97.4 cm³/mol. The molecule has 9 nitrogen and oxygen atoms in total. The van der Waals surface area contributed by atoms with Gasteiger partial charge in [-0.2, -0.15) is 12.6 Å². The Balaban J connectivity index is 2.48. The Hall–Kier alpha value is -2.66. The normalized spacial score (nSPS) is 10.9. The summed E-state index contributed by atoms with van der Waals surface area (Å²) in [5.74, 6) is -0.698. The largest absolute Gasteiger partial charge is 0.496 e. The fourth-order valence-electron chi connectivity index (χ4n) is 2.09. The number of thiol groups is 1. The summed E-state index contributed by atoms with van der Waals surface area (Å²) in [5.41, 5.74) is 0.512. The highest BCUT2D eigenvalue weighted by Gasteiger charge is 2.22. The molecule has 26 heavy (non-hydrogen) atoms. The predicted octanol–water partition coefficient (Wildman–Crippen LogP) is 2.24. The van der Waals surface area contributed by atoms with E-state index in [0.717, 1.165) is 6.07 Å². The van der Waals surface area contributed by atoms with Gasteiger partial charge in [0.25, 0.3) is 10.0 Å².